The summed E-state index contributed by atoms with van der Waals surface area (Å²) in [5.74, 6) is 0. The Morgan fingerprint density at radius 1 is 0.222 bits per heavy atom. The van der Waals surface area contributed by atoms with Crippen molar-refractivity contribution in [2.24, 2.45) is 0 Å². The molecule has 0 heterocycles. The van der Waals surface area contributed by atoms with Crippen LogP contribution in [0.3, 0.4) is 0 Å². The van der Waals surface area contributed by atoms with Gasteiger partial charge in [-0.15, -0.1) is 0 Å². The number of anilines is 3. The largest absolute Gasteiger partial charge is 0.309 e. The Hall–Kier alpha value is -8.26. The van der Waals surface area contributed by atoms with Crippen molar-refractivity contribution >= 4 is 38.6 Å². The molecule has 0 aliphatic heterocycles. The Morgan fingerprint density at radius 2 is 0.635 bits per heavy atom. The molecule has 11 aromatic rings. The van der Waals surface area contributed by atoms with Crippen molar-refractivity contribution in [2.75, 3.05) is 4.90 Å². The van der Waals surface area contributed by atoms with Gasteiger partial charge in [-0.3, -0.25) is 0 Å². The molecule has 0 radical (unpaired) electrons. The second kappa shape index (κ2) is 16.7. The maximum absolute atomic E-state index is 2.54. The maximum atomic E-state index is 2.54. The minimum Gasteiger partial charge on any atom is -0.309 e. The molecular weight excluding hydrogens is 759 g/mol. The molecule has 0 saturated carbocycles. The number of rotatable bonds is 9. The van der Waals surface area contributed by atoms with Crippen molar-refractivity contribution < 1.29 is 0 Å². The lowest BCUT2D eigenvalue weighted by Gasteiger charge is -2.33. The van der Waals surface area contributed by atoms with Crippen LogP contribution in [0, 0.1) is 0 Å². The number of hydrogen-bond donors (Lipinski definition) is 0. The first-order valence-corrected chi connectivity index (χ1v) is 21.7. The Labute approximate surface area is 369 Å². The maximum Gasteiger partial charge on any atom is 0.0618 e. The fraction of sp³-hybridized carbons (Fsp3) is 0. The highest BCUT2D eigenvalue weighted by molar-refractivity contribution is 6.22. The van der Waals surface area contributed by atoms with Crippen LogP contribution in [-0.4, -0.2) is 0 Å². The van der Waals surface area contributed by atoms with Crippen LogP contribution in [0.2, 0.25) is 0 Å². The Balaban J connectivity index is 1.30. The zero-order valence-electron chi connectivity index (χ0n) is 34.8. The van der Waals surface area contributed by atoms with Gasteiger partial charge in [-0.25, -0.2) is 0 Å². The van der Waals surface area contributed by atoms with E-state index in [9.17, 15) is 0 Å². The number of fused-ring (bicyclic) bond motifs is 3. The van der Waals surface area contributed by atoms with Gasteiger partial charge in [-0.05, 0) is 95.9 Å². The van der Waals surface area contributed by atoms with Crippen molar-refractivity contribution in [3.63, 3.8) is 0 Å². The highest BCUT2D eigenvalue weighted by Gasteiger charge is 2.26. The molecule has 0 aliphatic rings. The van der Waals surface area contributed by atoms with E-state index in [1.54, 1.807) is 0 Å². The number of para-hydroxylation sites is 1. The quantitative estimate of drug-likeness (QED) is 0.131. The normalized spacial score (nSPS) is 11.2. The molecule has 1 nitrogen and oxygen atoms in total. The first-order valence-electron chi connectivity index (χ1n) is 21.7. The summed E-state index contributed by atoms with van der Waals surface area (Å²) in [4.78, 5) is 2.54. The van der Waals surface area contributed by atoms with E-state index in [1.165, 1.54) is 54.9 Å². The van der Waals surface area contributed by atoms with Gasteiger partial charge in [0.05, 0.1) is 11.4 Å². The summed E-state index contributed by atoms with van der Waals surface area (Å²) in [5, 5.41) is 4.89. The number of benzene rings is 11. The van der Waals surface area contributed by atoms with Gasteiger partial charge < -0.3 is 4.90 Å². The smallest absolute Gasteiger partial charge is 0.0618 e. The molecule has 0 aromatic heterocycles. The second-order valence-corrected chi connectivity index (χ2v) is 16.0. The van der Waals surface area contributed by atoms with Crippen LogP contribution in [0.4, 0.5) is 17.1 Å². The molecule has 0 saturated heterocycles. The summed E-state index contributed by atoms with van der Waals surface area (Å²) in [6, 6.07) is 94.9. The second-order valence-electron chi connectivity index (χ2n) is 16.0. The first-order chi connectivity index (χ1) is 31.3. The lowest BCUT2D eigenvalue weighted by molar-refractivity contribution is 1.29. The number of nitrogens with zero attached hydrogens (tertiary/aromatic N) is 1. The molecule has 0 amide bonds. The molecule has 0 aliphatic carbocycles. The van der Waals surface area contributed by atoms with E-state index in [0.29, 0.717) is 0 Å². The van der Waals surface area contributed by atoms with E-state index in [4.69, 9.17) is 0 Å². The van der Waals surface area contributed by atoms with Crippen LogP contribution in [0.25, 0.3) is 88.3 Å². The average Bonchev–Trinajstić information content (AvgIpc) is 3.37. The highest BCUT2D eigenvalue weighted by Crippen LogP contribution is 2.52. The third-order valence-corrected chi connectivity index (χ3v) is 12.3. The van der Waals surface area contributed by atoms with Gasteiger partial charge in [0, 0.05) is 22.4 Å². The first kappa shape index (κ1) is 37.7. The fourth-order valence-corrected chi connectivity index (χ4v) is 9.39. The van der Waals surface area contributed by atoms with Gasteiger partial charge in [0.15, 0.2) is 0 Å². The lowest BCUT2D eigenvalue weighted by atomic mass is 9.84. The van der Waals surface area contributed by atoms with Crippen molar-refractivity contribution in [3.8, 4) is 66.8 Å². The molecule has 11 rings (SSSR count). The van der Waals surface area contributed by atoms with E-state index in [0.717, 1.165) is 50.4 Å². The van der Waals surface area contributed by atoms with Crippen LogP contribution < -0.4 is 4.90 Å². The standard InChI is InChI=1S/C62H43N/c1-7-22-44(23-8-1)50-38-41-59(57(42-50)47-28-13-4-14-29-47)63(62-52(45-24-9-2-10-25-45)36-21-37-53(62)46-26-11-3-12-27-46)51-39-40-55-54-34-19-20-35-56(54)60(48-30-15-5-16-31-48)61(58(55)43-51)49-32-17-6-18-33-49/h1-43H. The molecular formula is C62H43N. The van der Waals surface area contributed by atoms with Gasteiger partial charge in [-0.1, -0.05) is 237 Å². The van der Waals surface area contributed by atoms with Gasteiger partial charge in [-0.2, -0.15) is 0 Å². The van der Waals surface area contributed by atoms with Crippen LogP contribution in [-0.2, 0) is 0 Å². The van der Waals surface area contributed by atoms with E-state index in [-0.39, 0.29) is 0 Å². The summed E-state index contributed by atoms with van der Waals surface area (Å²) in [7, 11) is 0. The molecule has 0 spiro atoms. The molecule has 0 fully saturated rings. The molecule has 0 atom stereocenters. The van der Waals surface area contributed by atoms with Crippen LogP contribution in [0.1, 0.15) is 0 Å². The fourth-order valence-electron chi connectivity index (χ4n) is 9.39. The summed E-state index contributed by atoms with van der Waals surface area (Å²) in [5.41, 5.74) is 17.4. The molecule has 63 heavy (non-hydrogen) atoms. The highest BCUT2D eigenvalue weighted by atomic mass is 15.1. The Kier molecular flexibility index (Phi) is 9.97. The third-order valence-electron chi connectivity index (χ3n) is 12.3. The van der Waals surface area contributed by atoms with Crippen LogP contribution in [0.15, 0.2) is 261 Å². The zero-order chi connectivity index (χ0) is 42.0. The lowest BCUT2D eigenvalue weighted by Crippen LogP contribution is -2.14. The topological polar surface area (TPSA) is 3.24 Å². The van der Waals surface area contributed by atoms with Crippen LogP contribution >= 0.6 is 0 Å². The van der Waals surface area contributed by atoms with Gasteiger partial charge in [0.25, 0.3) is 0 Å². The van der Waals surface area contributed by atoms with Gasteiger partial charge >= 0.3 is 0 Å². The Bertz CT molecular complexity index is 3290. The molecule has 0 N–H and O–H groups in total. The minimum atomic E-state index is 1.07. The Morgan fingerprint density at radius 3 is 1.16 bits per heavy atom. The molecule has 0 bridgehead atoms. The average molecular weight is 802 g/mol. The molecule has 0 unspecified atom stereocenters. The molecule has 1 heteroatoms. The van der Waals surface area contributed by atoms with Gasteiger partial charge in [0.2, 0.25) is 0 Å². The van der Waals surface area contributed by atoms with Crippen molar-refractivity contribution in [1.82, 2.24) is 0 Å². The summed E-state index contributed by atoms with van der Waals surface area (Å²) in [6.45, 7) is 0. The van der Waals surface area contributed by atoms with E-state index < -0.39 is 0 Å². The monoisotopic (exact) mass is 801 g/mol. The van der Waals surface area contributed by atoms with E-state index >= 15 is 0 Å². The molecule has 11 aromatic carbocycles. The van der Waals surface area contributed by atoms with Crippen molar-refractivity contribution in [2.45, 2.75) is 0 Å². The third kappa shape index (κ3) is 7.06. The van der Waals surface area contributed by atoms with E-state index in [2.05, 4.69) is 266 Å². The summed E-state index contributed by atoms with van der Waals surface area (Å²) >= 11 is 0. The van der Waals surface area contributed by atoms with E-state index in [1.807, 2.05) is 0 Å². The summed E-state index contributed by atoms with van der Waals surface area (Å²) in [6.07, 6.45) is 0. The number of hydrogen-bond acceptors (Lipinski definition) is 1. The van der Waals surface area contributed by atoms with Crippen molar-refractivity contribution in [3.05, 3.63) is 261 Å². The van der Waals surface area contributed by atoms with Gasteiger partial charge in [0.1, 0.15) is 0 Å². The zero-order valence-corrected chi connectivity index (χ0v) is 34.8. The predicted molar refractivity (Wildman–Crippen MR) is 269 cm³/mol. The minimum absolute atomic E-state index is 1.07. The van der Waals surface area contributed by atoms with Crippen molar-refractivity contribution in [1.29, 1.82) is 0 Å². The predicted octanol–water partition coefficient (Wildman–Crippen LogP) is 17.5. The SMILES string of the molecule is c1ccc(-c2ccc(N(c3ccc4c(c3)c(-c3ccccc3)c(-c3ccccc3)c3ccccc34)c3c(-c4ccccc4)cccc3-c3ccccc3)c(-c3ccccc3)c2)cc1. The summed E-state index contributed by atoms with van der Waals surface area (Å²) < 4.78 is 0. The van der Waals surface area contributed by atoms with Crippen LogP contribution in [0.5, 0.6) is 0 Å². The molecule has 296 valence electrons.